The van der Waals surface area contributed by atoms with Gasteiger partial charge in [0.05, 0.1) is 6.10 Å². The fourth-order valence-corrected chi connectivity index (χ4v) is 2.17. The molecule has 1 unspecified atom stereocenters. The first-order valence-corrected chi connectivity index (χ1v) is 6.03. The third-order valence-electron chi connectivity index (χ3n) is 3.16. The van der Waals surface area contributed by atoms with E-state index in [0.717, 1.165) is 18.8 Å². The van der Waals surface area contributed by atoms with Gasteiger partial charge < -0.3 is 10.4 Å². The van der Waals surface area contributed by atoms with Crippen LogP contribution in [-0.4, -0.2) is 23.3 Å². The third-order valence-corrected chi connectivity index (χ3v) is 3.16. The molecule has 0 aliphatic heterocycles. The number of aliphatic hydroxyl groups is 1. The molecule has 2 N–H and O–H groups in total. The second-order valence-electron chi connectivity index (χ2n) is 5.14. The summed E-state index contributed by atoms with van der Waals surface area (Å²) in [4.78, 5) is 0. The van der Waals surface area contributed by atoms with Crippen LogP contribution >= 0.6 is 0 Å². The molecule has 2 nitrogen and oxygen atoms in total. The summed E-state index contributed by atoms with van der Waals surface area (Å²) in [6.07, 6.45) is 5.70. The van der Waals surface area contributed by atoms with E-state index in [-0.39, 0.29) is 6.10 Å². The number of aliphatic hydroxyl groups excluding tert-OH is 1. The van der Waals surface area contributed by atoms with E-state index < -0.39 is 0 Å². The van der Waals surface area contributed by atoms with Crippen molar-refractivity contribution >= 4 is 0 Å². The van der Waals surface area contributed by atoms with Crippen LogP contribution in [-0.2, 0) is 0 Å². The predicted octanol–water partition coefficient (Wildman–Crippen LogP) is 2.31. The zero-order valence-corrected chi connectivity index (χ0v) is 9.79. The van der Waals surface area contributed by atoms with Crippen molar-refractivity contribution in [2.45, 2.75) is 71.1 Å². The van der Waals surface area contributed by atoms with E-state index in [1.807, 2.05) is 0 Å². The Hall–Kier alpha value is -0.0800. The Morgan fingerprint density at radius 2 is 1.93 bits per heavy atom. The van der Waals surface area contributed by atoms with E-state index in [9.17, 15) is 5.11 Å². The van der Waals surface area contributed by atoms with Gasteiger partial charge in [0.15, 0.2) is 0 Å². The fourth-order valence-electron chi connectivity index (χ4n) is 2.17. The topological polar surface area (TPSA) is 32.3 Å². The molecule has 0 aromatic rings. The molecule has 1 fully saturated rings. The fraction of sp³-hybridized carbons (Fsp3) is 1.00. The van der Waals surface area contributed by atoms with Crippen LogP contribution in [0.25, 0.3) is 0 Å². The molecule has 1 rings (SSSR count). The lowest BCUT2D eigenvalue weighted by molar-refractivity contribution is 0.142. The van der Waals surface area contributed by atoms with E-state index in [1.54, 1.807) is 0 Å². The van der Waals surface area contributed by atoms with Gasteiger partial charge in [-0.05, 0) is 44.9 Å². The van der Waals surface area contributed by atoms with Gasteiger partial charge in [-0.3, -0.25) is 0 Å². The van der Waals surface area contributed by atoms with Crippen LogP contribution in [0.1, 0.15) is 52.9 Å². The van der Waals surface area contributed by atoms with E-state index in [4.69, 9.17) is 0 Å². The van der Waals surface area contributed by atoms with E-state index in [0.29, 0.717) is 12.1 Å². The zero-order valence-electron chi connectivity index (χ0n) is 9.79. The summed E-state index contributed by atoms with van der Waals surface area (Å²) in [5.74, 6) is 0.785. The minimum Gasteiger partial charge on any atom is -0.392 e. The molecule has 2 heteroatoms. The molecule has 14 heavy (non-hydrogen) atoms. The van der Waals surface area contributed by atoms with Crippen LogP contribution in [0, 0.1) is 5.92 Å². The Labute approximate surface area is 88.1 Å². The van der Waals surface area contributed by atoms with Crippen molar-refractivity contribution in [1.29, 1.82) is 0 Å². The molecule has 0 bridgehead atoms. The first-order valence-electron chi connectivity index (χ1n) is 6.03. The first-order chi connectivity index (χ1) is 6.59. The van der Waals surface area contributed by atoms with Crippen molar-refractivity contribution in [3.05, 3.63) is 0 Å². The van der Waals surface area contributed by atoms with E-state index in [1.165, 1.54) is 19.3 Å². The lowest BCUT2D eigenvalue weighted by atomic mass is 10.0. The normalized spacial score (nSPS) is 29.8. The second kappa shape index (κ2) is 5.72. The summed E-state index contributed by atoms with van der Waals surface area (Å²) >= 11 is 0. The summed E-state index contributed by atoms with van der Waals surface area (Å²) in [6, 6.07) is 0.910. The minimum atomic E-state index is -0.100. The Kier molecular flexibility index (Phi) is 4.90. The maximum atomic E-state index is 9.65. The van der Waals surface area contributed by atoms with E-state index >= 15 is 0 Å². The molecular weight excluding hydrogens is 174 g/mol. The molecule has 0 spiro atoms. The number of hydrogen-bond acceptors (Lipinski definition) is 2. The SMILES string of the molecule is CC(C)CCC(C)N[C@@H]1CCC[C@H]1O. The standard InChI is InChI=1S/C12H25NO/c1-9(2)7-8-10(3)13-11-5-4-6-12(11)14/h9-14H,4-8H2,1-3H3/t10?,11-,12-/m1/s1. The lowest BCUT2D eigenvalue weighted by Gasteiger charge is -2.22. The highest BCUT2D eigenvalue weighted by Gasteiger charge is 2.25. The lowest BCUT2D eigenvalue weighted by Crippen LogP contribution is -2.41. The van der Waals surface area contributed by atoms with Crippen molar-refractivity contribution < 1.29 is 5.11 Å². The third kappa shape index (κ3) is 3.97. The van der Waals surface area contributed by atoms with E-state index in [2.05, 4.69) is 26.1 Å². The smallest absolute Gasteiger partial charge is 0.0693 e. The van der Waals surface area contributed by atoms with Gasteiger partial charge >= 0.3 is 0 Å². The van der Waals surface area contributed by atoms with Gasteiger partial charge in [0.2, 0.25) is 0 Å². The number of nitrogens with one attached hydrogen (secondary N) is 1. The average molecular weight is 199 g/mol. The van der Waals surface area contributed by atoms with Gasteiger partial charge in [-0.2, -0.15) is 0 Å². The average Bonchev–Trinajstić information content (AvgIpc) is 2.49. The largest absolute Gasteiger partial charge is 0.392 e. The summed E-state index contributed by atoms with van der Waals surface area (Å²) < 4.78 is 0. The molecule has 3 atom stereocenters. The molecule has 0 saturated heterocycles. The maximum Gasteiger partial charge on any atom is 0.0693 e. The summed E-state index contributed by atoms with van der Waals surface area (Å²) in [7, 11) is 0. The van der Waals surface area contributed by atoms with Crippen molar-refractivity contribution in [2.24, 2.45) is 5.92 Å². The van der Waals surface area contributed by atoms with Crippen molar-refractivity contribution in [2.75, 3.05) is 0 Å². The molecule has 1 saturated carbocycles. The number of rotatable bonds is 5. The van der Waals surface area contributed by atoms with Gasteiger partial charge in [-0.1, -0.05) is 13.8 Å². The first kappa shape index (κ1) is 12.0. The van der Waals surface area contributed by atoms with Crippen molar-refractivity contribution in [1.82, 2.24) is 5.32 Å². The Balaban J connectivity index is 2.16. The maximum absolute atomic E-state index is 9.65. The highest BCUT2D eigenvalue weighted by atomic mass is 16.3. The molecule has 0 heterocycles. The Morgan fingerprint density at radius 1 is 1.21 bits per heavy atom. The molecule has 0 aromatic carbocycles. The van der Waals surface area contributed by atoms with Crippen molar-refractivity contribution in [3.63, 3.8) is 0 Å². The highest BCUT2D eigenvalue weighted by Crippen LogP contribution is 2.20. The van der Waals surface area contributed by atoms with Gasteiger partial charge in [0, 0.05) is 12.1 Å². The minimum absolute atomic E-state index is 0.100. The highest BCUT2D eigenvalue weighted by molar-refractivity contribution is 4.84. The summed E-state index contributed by atoms with van der Waals surface area (Å²) in [5, 5.41) is 13.2. The Morgan fingerprint density at radius 3 is 2.43 bits per heavy atom. The van der Waals surface area contributed by atoms with Crippen LogP contribution in [0.15, 0.2) is 0 Å². The quantitative estimate of drug-likeness (QED) is 0.712. The van der Waals surface area contributed by atoms with Crippen LogP contribution in [0.5, 0.6) is 0 Å². The van der Waals surface area contributed by atoms with Crippen molar-refractivity contribution in [3.8, 4) is 0 Å². The van der Waals surface area contributed by atoms with Crippen LogP contribution in [0.4, 0.5) is 0 Å². The molecule has 84 valence electrons. The Bertz CT molecular complexity index is 158. The van der Waals surface area contributed by atoms with Crippen LogP contribution < -0.4 is 5.32 Å². The number of hydrogen-bond donors (Lipinski definition) is 2. The molecule has 1 aliphatic rings. The van der Waals surface area contributed by atoms with Gasteiger partial charge in [0.25, 0.3) is 0 Å². The van der Waals surface area contributed by atoms with Crippen LogP contribution in [0.3, 0.4) is 0 Å². The van der Waals surface area contributed by atoms with Gasteiger partial charge in [-0.15, -0.1) is 0 Å². The molecule has 0 aromatic heterocycles. The predicted molar refractivity (Wildman–Crippen MR) is 60.3 cm³/mol. The zero-order chi connectivity index (χ0) is 10.6. The molecular formula is C12H25NO. The molecule has 0 radical (unpaired) electrons. The molecule has 0 amide bonds. The monoisotopic (exact) mass is 199 g/mol. The molecule has 1 aliphatic carbocycles. The van der Waals surface area contributed by atoms with Gasteiger partial charge in [0.1, 0.15) is 0 Å². The summed E-state index contributed by atoms with van der Waals surface area (Å²) in [5.41, 5.74) is 0. The second-order valence-corrected chi connectivity index (χ2v) is 5.14. The van der Waals surface area contributed by atoms with Gasteiger partial charge in [-0.25, -0.2) is 0 Å². The summed E-state index contributed by atoms with van der Waals surface area (Å²) in [6.45, 7) is 6.75. The van der Waals surface area contributed by atoms with Crippen LogP contribution in [0.2, 0.25) is 0 Å².